The van der Waals surface area contributed by atoms with E-state index in [4.69, 9.17) is 4.74 Å². The van der Waals surface area contributed by atoms with Gasteiger partial charge in [0.15, 0.2) is 5.96 Å². The minimum absolute atomic E-state index is 0.139. The number of amides is 1. The van der Waals surface area contributed by atoms with Gasteiger partial charge in [-0.05, 0) is 37.5 Å². The summed E-state index contributed by atoms with van der Waals surface area (Å²) in [6.45, 7) is 4.70. The molecule has 0 atom stereocenters. The van der Waals surface area contributed by atoms with Crippen molar-refractivity contribution in [2.75, 3.05) is 32.1 Å². The quantitative estimate of drug-likeness (QED) is 0.387. The zero-order chi connectivity index (χ0) is 17.2. The van der Waals surface area contributed by atoms with Crippen LogP contribution in [0.5, 0.6) is 0 Å². The van der Waals surface area contributed by atoms with Crippen molar-refractivity contribution < 1.29 is 9.53 Å². The van der Waals surface area contributed by atoms with Crippen LogP contribution in [0.3, 0.4) is 0 Å². The lowest BCUT2D eigenvalue weighted by Gasteiger charge is -2.24. The van der Waals surface area contributed by atoms with Gasteiger partial charge < -0.3 is 20.7 Å². The zero-order valence-corrected chi connectivity index (χ0v) is 14.6. The van der Waals surface area contributed by atoms with Crippen molar-refractivity contribution in [1.29, 1.82) is 0 Å². The van der Waals surface area contributed by atoms with E-state index in [0.717, 1.165) is 36.5 Å². The first-order valence-corrected chi connectivity index (χ1v) is 8.65. The zero-order valence-electron chi connectivity index (χ0n) is 14.6. The van der Waals surface area contributed by atoms with Crippen molar-refractivity contribution in [2.45, 2.75) is 32.7 Å². The molecule has 0 heterocycles. The number of guanidine groups is 1. The fourth-order valence-corrected chi connectivity index (χ4v) is 2.47. The molecule has 2 rings (SSSR count). The molecule has 3 N–H and O–H groups in total. The highest BCUT2D eigenvalue weighted by Gasteiger charge is 2.25. The maximum atomic E-state index is 12.0. The van der Waals surface area contributed by atoms with Gasteiger partial charge in [0.05, 0.1) is 6.61 Å². The Morgan fingerprint density at radius 1 is 1.33 bits per heavy atom. The molecule has 1 aliphatic rings. The summed E-state index contributed by atoms with van der Waals surface area (Å²) in [4.78, 5) is 16.2. The molecule has 6 heteroatoms. The molecule has 1 fully saturated rings. The molecule has 0 unspecified atom stereocenters. The third kappa shape index (κ3) is 5.85. The Bertz CT molecular complexity index is 556. The van der Waals surface area contributed by atoms with Crippen molar-refractivity contribution in [3.05, 3.63) is 29.8 Å². The summed E-state index contributed by atoms with van der Waals surface area (Å²) in [6, 6.07) is 7.91. The van der Waals surface area contributed by atoms with E-state index in [2.05, 4.69) is 20.9 Å². The van der Waals surface area contributed by atoms with Crippen molar-refractivity contribution in [2.24, 2.45) is 10.9 Å². The van der Waals surface area contributed by atoms with E-state index in [1.165, 1.54) is 0 Å². The first kappa shape index (κ1) is 18.3. The monoisotopic (exact) mass is 332 g/mol. The van der Waals surface area contributed by atoms with E-state index in [9.17, 15) is 4.79 Å². The number of rotatable bonds is 8. The Morgan fingerprint density at radius 2 is 2.17 bits per heavy atom. The molecule has 1 aromatic carbocycles. The minimum atomic E-state index is 0.139. The molecule has 1 aromatic rings. The molecule has 1 saturated carbocycles. The molecular formula is C18H28N4O2. The van der Waals surface area contributed by atoms with Gasteiger partial charge in [-0.1, -0.05) is 18.6 Å². The lowest BCUT2D eigenvalue weighted by atomic mass is 9.85. The fraction of sp³-hybridized carbons (Fsp3) is 0.556. The van der Waals surface area contributed by atoms with Crippen molar-refractivity contribution in [3.8, 4) is 0 Å². The summed E-state index contributed by atoms with van der Waals surface area (Å²) < 4.78 is 5.29. The second-order valence-corrected chi connectivity index (χ2v) is 5.87. The SMILES string of the molecule is CCOCCNC(=NC)NCc1cccc(NC(=O)C2CCC2)c1. The Labute approximate surface area is 144 Å². The smallest absolute Gasteiger partial charge is 0.227 e. The Kier molecular flexibility index (Phi) is 7.55. The molecule has 0 aliphatic heterocycles. The molecule has 0 aromatic heterocycles. The molecule has 0 saturated heterocycles. The highest BCUT2D eigenvalue weighted by atomic mass is 16.5. The van der Waals surface area contributed by atoms with Crippen LogP contribution in [-0.2, 0) is 16.1 Å². The molecular weight excluding hydrogens is 304 g/mol. The highest BCUT2D eigenvalue weighted by Crippen LogP contribution is 2.27. The van der Waals surface area contributed by atoms with Gasteiger partial charge in [0.2, 0.25) is 5.91 Å². The summed E-state index contributed by atoms with van der Waals surface area (Å²) in [5, 5.41) is 9.46. The molecule has 6 nitrogen and oxygen atoms in total. The van der Waals surface area contributed by atoms with Crippen LogP contribution in [0.15, 0.2) is 29.3 Å². The Balaban J connectivity index is 1.79. The van der Waals surface area contributed by atoms with E-state index >= 15 is 0 Å². The van der Waals surface area contributed by atoms with E-state index in [-0.39, 0.29) is 11.8 Å². The number of hydrogen-bond donors (Lipinski definition) is 3. The van der Waals surface area contributed by atoms with Gasteiger partial charge in [0.1, 0.15) is 0 Å². The predicted molar refractivity (Wildman–Crippen MR) is 97.1 cm³/mol. The average molecular weight is 332 g/mol. The third-order valence-electron chi connectivity index (χ3n) is 4.10. The van der Waals surface area contributed by atoms with Gasteiger partial charge in [-0.2, -0.15) is 0 Å². The van der Waals surface area contributed by atoms with Gasteiger partial charge in [0.25, 0.3) is 0 Å². The van der Waals surface area contributed by atoms with Gasteiger partial charge in [0, 0.05) is 38.3 Å². The van der Waals surface area contributed by atoms with Gasteiger partial charge >= 0.3 is 0 Å². The second-order valence-electron chi connectivity index (χ2n) is 5.87. The number of anilines is 1. The molecule has 1 amide bonds. The molecule has 0 bridgehead atoms. The van der Waals surface area contributed by atoms with Gasteiger partial charge in [-0.25, -0.2) is 0 Å². The third-order valence-corrected chi connectivity index (χ3v) is 4.10. The van der Waals surface area contributed by atoms with E-state index in [1.807, 2.05) is 31.2 Å². The molecule has 0 spiro atoms. The fourth-order valence-electron chi connectivity index (χ4n) is 2.47. The molecule has 132 valence electrons. The topological polar surface area (TPSA) is 74.8 Å². The van der Waals surface area contributed by atoms with E-state index < -0.39 is 0 Å². The maximum absolute atomic E-state index is 12.0. The Morgan fingerprint density at radius 3 is 2.83 bits per heavy atom. The summed E-state index contributed by atoms with van der Waals surface area (Å²) >= 11 is 0. The largest absolute Gasteiger partial charge is 0.380 e. The van der Waals surface area contributed by atoms with Crippen LogP contribution in [0, 0.1) is 5.92 Å². The number of carbonyl (C=O) groups excluding carboxylic acids is 1. The van der Waals surface area contributed by atoms with Crippen LogP contribution in [0.4, 0.5) is 5.69 Å². The van der Waals surface area contributed by atoms with Crippen LogP contribution < -0.4 is 16.0 Å². The number of aliphatic imine (C=N–C) groups is 1. The van der Waals surface area contributed by atoms with Crippen molar-refractivity contribution in [3.63, 3.8) is 0 Å². The molecule has 0 radical (unpaired) electrons. The van der Waals surface area contributed by atoms with Gasteiger partial charge in [-0.15, -0.1) is 0 Å². The van der Waals surface area contributed by atoms with Crippen molar-refractivity contribution >= 4 is 17.6 Å². The second kappa shape index (κ2) is 9.93. The lowest BCUT2D eigenvalue weighted by molar-refractivity contribution is -0.122. The van der Waals surface area contributed by atoms with E-state index in [1.54, 1.807) is 7.05 Å². The summed E-state index contributed by atoms with van der Waals surface area (Å²) in [7, 11) is 1.74. The maximum Gasteiger partial charge on any atom is 0.227 e. The van der Waals surface area contributed by atoms with Crippen LogP contribution in [0.2, 0.25) is 0 Å². The number of nitrogens with one attached hydrogen (secondary N) is 3. The summed E-state index contributed by atoms with van der Waals surface area (Å²) in [5.74, 6) is 1.07. The Hall–Kier alpha value is -2.08. The summed E-state index contributed by atoms with van der Waals surface area (Å²) in [5.41, 5.74) is 1.94. The average Bonchev–Trinajstić information content (AvgIpc) is 2.53. The number of ether oxygens (including phenoxy) is 1. The highest BCUT2D eigenvalue weighted by molar-refractivity contribution is 5.93. The molecule has 24 heavy (non-hydrogen) atoms. The first-order valence-electron chi connectivity index (χ1n) is 8.65. The van der Waals surface area contributed by atoms with Crippen LogP contribution in [-0.4, -0.2) is 38.7 Å². The van der Waals surface area contributed by atoms with Gasteiger partial charge in [-0.3, -0.25) is 9.79 Å². The van der Waals surface area contributed by atoms with Crippen LogP contribution >= 0.6 is 0 Å². The number of benzene rings is 1. The normalized spacial score (nSPS) is 14.8. The first-order chi connectivity index (χ1) is 11.7. The predicted octanol–water partition coefficient (Wildman–Crippen LogP) is 2.13. The number of carbonyl (C=O) groups is 1. The van der Waals surface area contributed by atoms with Crippen LogP contribution in [0.1, 0.15) is 31.7 Å². The number of nitrogens with zero attached hydrogens (tertiary/aromatic N) is 1. The van der Waals surface area contributed by atoms with Crippen molar-refractivity contribution in [1.82, 2.24) is 10.6 Å². The van der Waals surface area contributed by atoms with E-state index in [0.29, 0.717) is 26.3 Å². The lowest BCUT2D eigenvalue weighted by Crippen LogP contribution is -2.38. The molecule has 1 aliphatic carbocycles. The summed E-state index contributed by atoms with van der Waals surface area (Å²) in [6.07, 6.45) is 3.19. The minimum Gasteiger partial charge on any atom is -0.380 e. The van der Waals surface area contributed by atoms with Crippen LogP contribution in [0.25, 0.3) is 0 Å². The number of hydrogen-bond acceptors (Lipinski definition) is 3. The standard InChI is InChI=1S/C18H28N4O2/c1-3-24-11-10-20-18(19-2)21-13-14-6-4-9-16(12-14)22-17(23)15-7-5-8-15/h4,6,9,12,15H,3,5,7-8,10-11,13H2,1-2H3,(H,22,23)(H2,19,20,21).